The van der Waals surface area contributed by atoms with E-state index in [2.05, 4.69) is 5.32 Å². The molecule has 1 amide bonds. The van der Waals surface area contributed by atoms with Crippen LogP contribution < -0.4 is 19.1 Å². The standard InChI is InChI=1S/C25H27FN2O5S/c1-18(20-6-12-23(32-2)13-7-20)27-25(29)17-33-24-14-10-22(11-15-24)28(34(3,30)31)16-19-4-8-21(26)9-5-19/h4-15,18H,16-17H2,1-3H3,(H,27,29). The van der Waals surface area contributed by atoms with Crippen LogP contribution in [0, 0.1) is 5.82 Å². The maximum atomic E-state index is 13.2. The van der Waals surface area contributed by atoms with Crippen molar-refractivity contribution in [3.63, 3.8) is 0 Å². The third-order valence-electron chi connectivity index (χ3n) is 5.13. The van der Waals surface area contributed by atoms with E-state index in [1.807, 2.05) is 31.2 Å². The average Bonchev–Trinajstić information content (AvgIpc) is 2.82. The summed E-state index contributed by atoms with van der Waals surface area (Å²) in [5, 5.41) is 2.87. The van der Waals surface area contributed by atoms with E-state index in [0.717, 1.165) is 17.6 Å². The van der Waals surface area contributed by atoms with Gasteiger partial charge in [-0.1, -0.05) is 24.3 Å². The highest BCUT2D eigenvalue weighted by atomic mass is 32.2. The molecule has 7 nitrogen and oxygen atoms in total. The minimum atomic E-state index is -3.58. The molecule has 0 aliphatic rings. The number of ether oxygens (including phenoxy) is 2. The Bertz CT molecular complexity index is 1200. The van der Waals surface area contributed by atoms with Crippen molar-refractivity contribution in [3.8, 4) is 11.5 Å². The summed E-state index contributed by atoms with van der Waals surface area (Å²) < 4.78 is 49.7. The van der Waals surface area contributed by atoms with Crippen molar-refractivity contribution in [2.75, 3.05) is 24.3 Å². The molecule has 0 spiro atoms. The zero-order valence-corrected chi connectivity index (χ0v) is 20.0. The number of carbonyl (C=O) groups is 1. The fourth-order valence-corrected chi connectivity index (χ4v) is 4.16. The van der Waals surface area contributed by atoms with Gasteiger partial charge in [-0.3, -0.25) is 9.10 Å². The lowest BCUT2D eigenvalue weighted by Gasteiger charge is -2.23. The number of nitrogens with zero attached hydrogens (tertiary/aromatic N) is 1. The van der Waals surface area contributed by atoms with Crippen molar-refractivity contribution < 1.29 is 27.1 Å². The van der Waals surface area contributed by atoms with Crippen molar-refractivity contribution in [2.45, 2.75) is 19.5 Å². The van der Waals surface area contributed by atoms with E-state index in [1.54, 1.807) is 31.4 Å². The van der Waals surface area contributed by atoms with Crippen LogP contribution in [0.4, 0.5) is 10.1 Å². The third kappa shape index (κ3) is 6.95. The molecule has 0 heterocycles. The Kier molecular flexibility index (Phi) is 8.12. The number of nitrogens with one attached hydrogen (secondary N) is 1. The van der Waals surface area contributed by atoms with E-state index in [-0.39, 0.29) is 25.1 Å². The van der Waals surface area contributed by atoms with E-state index < -0.39 is 15.8 Å². The molecular formula is C25H27FN2O5S. The first kappa shape index (κ1) is 25.0. The van der Waals surface area contributed by atoms with Gasteiger partial charge < -0.3 is 14.8 Å². The first-order valence-corrected chi connectivity index (χ1v) is 12.4. The van der Waals surface area contributed by atoms with Gasteiger partial charge in [-0.15, -0.1) is 0 Å². The SMILES string of the molecule is COc1ccc(C(C)NC(=O)COc2ccc(N(Cc3ccc(F)cc3)S(C)(=O)=O)cc2)cc1. The molecule has 3 rings (SSSR count). The molecule has 3 aromatic rings. The van der Waals surface area contributed by atoms with Gasteiger partial charge in [-0.2, -0.15) is 0 Å². The van der Waals surface area contributed by atoms with Gasteiger partial charge in [0.15, 0.2) is 6.61 Å². The number of hydrogen-bond acceptors (Lipinski definition) is 5. The fraction of sp³-hybridized carbons (Fsp3) is 0.240. The molecule has 1 atom stereocenters. The summed E-state index contributed by atoms with van der Waals surface area (Å²) in [5.41, 5.74) is 2.01. The zero-order chi connectivity index (χ0) is 24.7. The smallest absolute Gasteiger partial charge is 0.258 e. The van der Waals surface area contributed by atoms with Crippen molar-refractivity contribution >= 4 is 21.6 Å². The lowest BCUT2D eigenvalue weighted by Crippen LogP contribution is -2.31. The Morgan fingerprint density at radius 1 is 0.971 bits per heavy atom. The largest absolute Gasteiger partial charge is 0.497 e. The van der Waals surface area contributed by atoms with Gasteiger partial charge in [0.1, 0.15) is 17.3 Å². The summed E-state index contributed by atoms with van der Waals surface area (Å²) in [4.78, 5) is 12.3. The van der Waals surface area contributed by atoms with Crippen LogP contribution in [0.2, 0.25) is 0 Å². The Morgan fingerprint density at radius 3 is 2.12 bits per heavy atom. The van der Waals surface area contributed by atoms with Crippen LogP contribution in [0.25, 0.3) is 0 Å². The number of sulfonamides is 1. The highest BCUT2D eigenvalue weighted by Crippen LogP contribution is 2.24. The average molecular weight is 487 g/mol. The van der Waals surface area contributed by atoms with Crippen LogP contribution in [-0.2, 0) is 21.4 Å². The fourth-order valence-electron chi connectivity index (χ4n) is 3.27. The summed E-state index contributed by atoms with van der Waals surface area (Å²) in [6.07, 6.45) is 1.11. The number of methoxy groups -OCH3 is 1. The topological polar surface area (TPSA) is 84.9 Å². The molecule has 0 aliphatic carbocycles. The van der Waals surface area contributed by atoms with Crippen molar-refractivity contribution in [1.29, 1.82) is 0 Å². The Hall–Kier alpha value is -3.59. The molecule has 0 saturated heterocycles. The molecule has 1 N–H and O–H groups in total. The number of hydrogen-bond donors (Lipinski definition) is 1. The van der Waals surface area contributed by atoms with E-state index in [1.165, 1.54) is 28.6 Å². The van der Waals surface area contributed by atoms with Gasteiger partial charge >= 0.3 is 0 Å². The summed E-state index contributed by atoms with van der Waals surface area (Å²) in [6, 6.07) is 19.2. The lowest BCUT2D eigenvalue weighted by molar-refractivity contribution is -0.123. The number of amides is 1. The van der Waals surface area contributed by atoms with Gasteiger partial charge in [-0.25, -0.2) is 12.8 Å². The minimum absolute atomic E-state index is 0.0605. The highest BCUT2D eigenvalue weighted by Gasteiger charge is 2.18. The van der Waals surface area contributed by atoms with Crippen LogP contribution in [0.1, 0.15) is 24.1 Å². The molecule has 0 aromatic heterocycles. The Morgan fingerprint density at radius 2 is 1.56 bits per heavy atom. The monoisotopic (exact) mass is 486 g/mol. The molecule has 1 unspecified atom stereocenters. The number of carbonyl (C=O) groups excluding carboxylic acids is 1. The first-order valence-electron chi connectivity index (χ1n) is 10.5. The lowest BCUT2D eigenvalue weighted by atomic mass is 10.1. The molecule has 9 heteroatoms. The second-order valence-electron chi connectivity index (χ2n) is 7.74. The second kappa shape index (κ2) is 11.0. The number of rotatable bonds is 10. The van der Waals surface area contributed by atoms with Crippen LogP contribution in [-0.4, -0.2) is 34.3 Å². The van der Waals surface area contributed by atoms with Gasteiger partial charge in [0.25, 0.3) is 5.91 Å². The van der Waals surface area contributed by atoms with Crippen LogP contribution >= 0.6 is 0 Å². The number of halogens is 1. The number of benzene rings is 3. The van der Waals surface area contributed by atoms with Gasteiger partial charge in [-0.05, 0) is 66.6 Å². The minimum Gasteiger partial charge on any atom is -0.497 e. The van der Waals surface area contributed by atoms with Crippen LogP contribution in [0.5, 0.6) is 11.5 Å². The zero-order valence-electron chi connectivity index (χ0n) is 19.2. The van der Waals surface area contributed by atoms with Gasteiger partial charge in [0, 0.05) is 0 Å². The molecule has 3 aromatic carbocycles. The maximum absolute atomic E-state index is 13.2. The normalized spacial score (nSPS) is 12.0. The molecule has 0 fully saturated rings. The third-order valence-corrected chi connectivity index (χ3v) is 6.27. The summed E-state index contributed by atoms with van der Waals surface area (Å²) in [5.74, 6) is 0.479. The van der Waals surface area contributed by atoms with Gasteiger partial charge in [0.05, 0.1) is 31.6 Å². The van der Waals surface area contributed by atoms with E-state index in [9.17, 15) is 17.6 Å². The van der Waals surface area contributed by atoms with Crippen LogP contribution in [0.3, 0.4) is 0 Å². The molecule has 34 heavy (non-hydrogen) atoms. The predicted octanol–water partition coefficient (Wildman–Crippen LogP) is 4.06. The number of anilines is 1. The molecule has 0 radical (unpaired) electrons. The van der Waals surface area contributed by atoms with E-state index >= 15 is 0 Å². The van der Waals surface area contributed by atoms with Crippen molar-refractivity contribution in [3.05, 3.63) is 89.7 Å². The summed E-state index contributed by atoms with van der Waals surface area (Å²) in [7, 11) is -1.99. The Labute approximate surface area is 199 Å². The Balaban J connectivity index is 1.59. The first-order chi connectivity index (χ1) is 16.2. The molecule has 0 bridgehead atoms. The summed E-state index contributed by atoms with van der Waals surface area (Å²) >= 11 is 0. The van der Waals surface area contributed by atoms with Crippen molar-refractivity contribution in [1.82, 2.24) is 5.32 Å². The molecule has 180 valence electrons. The van der Waals surface area contributed by atoms with E-state index in [4.69, 9.17) is 9.47 Å². The summed E-state index contributed by atoms with van der Waals surface area (Å²) in [6.45, 7) is 1.74. The quantitative estimate of drug-likeness (QED) is 0.467. The predicted molar refractivity (Wildman–Crippen MR) is 129 cm³/mol. The second-order valence-corrected chi connectivity index (χ2v) is 9.65. The van der Waals surface area contributed by atoms with Gasteiger partial charge in [0.2, 0.25) is 10.0 Å². The molecular weight excluding hydrogens is 459 g/mol. The molecule has 0 saturated carbocycles. The molecule has 0 aliphatic heterocycles. The van der Waals surface area contributed by atoms with Crippen molar-refractivity contribution in [2.24, 2.45) is 0 Å². The maximum Gasteiger partial charge on any atom is 0.258 e. The van der Waals surface area contributed by atoms with E-state index in [0.29, 0.717) is 17.0 Å². The highest BCUT2D eigenvalue weighted by molar-refractivity contribution is 7.92. The van der Waals surface area contributed by atoms with Crippen LogP contribution in [0.15, 0.2) is 72.8 Å².